The highest BCUT2D eigenvalue weighted by atomic mass is 32.7. The number of H-pyrrole nitrogens is 1. The summed E-state index contributed by atoms with van der Waals surface area (Å²) in [6.45, 7) is -5.35. The molecule has 2 unspecified atom stereocenters. The molecule has 6 atom stereocenters. The third-order valence-electron chi connectivity index (χ3n) is 6.02. The van der Waals surface area contributed by atoms with Gasteiger partial charge in [-0.3, -0.25) is 28.4 Å². The first-order valence-electron chi connectivity index (χ1n) is 11.8. The van der Waals surface area contributed by atoms with Crippen molar-refractivity contribution < 1.29 is 36.7 Å². The van der Waals surface area contributed by atoms with Crippen LogP contribution in [0, 0.1) is 0 Å². The van der Waals surface area contributed by atoms with E-state index in [-0.39, 0.29) is 36.1 Å². The van der Waals surface area contributed by atoms with Gasteiger partial charge in [0.15, 0.2) is 41.3 Å². The van der Waals surface area contributed by atoms with Crippen LogP contribution in [0.1, 0.15) is 12.1 Å². The molecule has 6 rings (SSSR count). The fraction of sp³-hybridized carbons (Fsp3) is 0.368. The van der Waals surface area contributed by atoms with E-state index in [0.29, 0.717) is 10.7 Å². The second-order valence-electron chi connectivity index (χ2n) is 8.78. The molecule has 2 aliphatic heterocycles. The van der Waals surface area contributed by atoms with E-state index in [1.54, 1.807) is 11.7 Å². The van der Waals surface area contributed by atoms with Gasteiger partial charge in [-0.05, 0) is 24.1 Å². The van der Waals surface area contributed by atoms with Crippen molar-refractivity contribution in [2.75, 3.05) is 12.3 Å². The van der Waals surface area contributed by atoms with Crippen molar-refractivity contribution in [3.63, 3.8) is 0 Å². The highest BCUT2D eigenvalue weighted by Crippen LogP contribution is 2.57. The summed E-state index contributed by atoms with van der Waals surface area (Å²) in [4.78, 5) is 42.7. The van der Waals surface area contributed by atoms with Crippen LogP contribution in [0.2, 0.25) is 0 Å². The standard InChI is InChI=1S/C19H20FN9O8P2S3/c1-8-13-11(20)14(18(35-13)28-6-23-12-16(28)25-19(21)26-17(12)30)37-39(32,41)34-5-10-24-15(9-4-22-7-42-9)27-29(10)2-3-33-38(31,40)36-8/h4,6-7,11,13-14,18H,1-3,5H2,(H,31,40)(H,32,41)(H3,21,25,26,30)/t11-,13+,14+,18+,38?,39?/m0/s1. The van der Waals surface area contributed by atoms with Crippen molar-refractivity contribution in [2.45, 2.75) is 37.8 Å². The van der Waals surface area contributed by atoms with Gasteiger partial charge in [0.25, 0.3) is 5.56 Å². The molecule has 0 radical (unpaired) electrons. The maximum absolute atomic E-state index is 16.0. The third-order valence-corrected chi connectivity index (χ3v) is 9.89. The number of hydrogen-bond acceptors (Lipinski definition) is 15. The van der Waals surface area contributed by atoms with Crippen LogP contribution in [0.25, 0.3) is 21.9 Å². The van der Waals surface area contributed by atoms with Crippen LogP contribution >= 0.6 is 37.1 Å². The van der Waals surface area contributed by atoms with Gasteiger partial charge in [-0.15, -0.1) is 16.4 Å². The Labute approximate surface area is 248 Å². The lowest BCUT2D eigenvalue weighted by Gasteiger charge is -2.25. The van der Waals surface area contributed by atoms with Gasteiger partial charge in [0, 0.05) is 6.20 Å². The molecule has 2 aliphatic rings. The molecule has 23 heteroatoms. The summed E-state index contributed by atoms with van der Waals surface area (Å²) in [5.41, 5.74) is 6.42. The Hall–Kier alpha value is -2.58. The van der Waals surface area contributed by atoms with Crippen LogP contribution in [0.5, 0.6) is 0 Å². The summed E-state index contributed by atoms with van der Waals surface area (Å²) in [5.74, 6) is -0.210. The number of alkyl halides is 1. The fourth-order valence-electron chi connectivity index (χ4n) is 4.23. The van der Waals surface area contributed by atoms with E-state index in [4.69, 9.17) is 40.4 Å². The first-order valence-corrected chi connectivity index (χ1v) is 17.9. The number of aromatic amines is 1. The minimum Gasteiger partial charge on any atom is -0.419 e. The van der Waals surface area contributed by atoms with Crippen molar-refractivity contribution >= 4 is 66.0 Å². The van der Waals surface area contributed by atoms with Gasteiger partial charge in [0.2, 0.25) is 5.95 Å². The number of thiol groups is 1. The van der Waals surface area contributed by atoms with E-state index in [0.717, 1.165) is 6.33 Å². The number of thiazole rings is 1. The third kappa shape index (κ3) is 5.81. The molecule has 1 saturated heterocycles. The number of nitrogens with zero attached hydrogens (tertiary/aromatic N) is 7. The summed E-state index contributed by atoms with van der Waals surface area (Å²) < 4.78 is 59.2. The summed E-state index contributed by atoms with van der Waals surface area (Å²) in [5, 5.41) is 4.39. The normalized spacial score (nSPS) is 30.9. The Morgan fingerprint density at radius 1 is 1.36 bits per heavy atom. The highest BCUT2D eigenvalue weighted by molar-refractivity contribution is 8.44. The van der Waals surface area contributed by atoms with Crippen LogP contribution in [0.4, 0.5) is 10.3 Å². The van der Waals surface area contributed by atoms with Crippen LogP contribution in [0.15, 0.2) is 35.2 Å². The lowest BCUT2D eigenvalue weighted by atomic mass is 10.1. The minimum absolute atomic E-state index is 0.0133. The molecule has 1 fully saturated rings. The molecule has 0 saturated carbocycles. The van der Waals surface area contributed by atoms with E-state index in [1.165, 1.54) is 20.6 Å². The maximum atomic E-state index is 16.0. The summed E-state index contributed by atoms with van der Waals surface area (Å²) in [6.07, 6.45) is -4.20. The van der Waals surface area contributed by atoms with E-state index in [1.807, 2.05) is 0 Å². The second-order valence-corrected chi connectivity index (χ2v) is 15.3. The van der Waals surface area contributed by atoms with Crippen LogP contribution < -0.4 is 11.3 Å². The number of anilines is 1. The SMILES string of the molecule is C=C1OP(=O)(S)OCCn2nc(-c3cncs3)nc2COP(O)(=S)O[C@@H]2[C@@H](F)[C@@H]1O[C@H]2n1cnc2c(=O)[nH]c(N)nc21. The molecular formula is C19H20FN9O8P2S3. The molecule has 17 nitrogen and oxygen atoms in total. The molecule has 0 spiro atoms. The lowest BCUT2D eigenvalue weighted by Crippen LogP contribution is -2.31. The van der Waals surface area contributed by atoms with Gasteiger partial charge < -0.3 is 24.4 Å². The number of halogens is 1. The number of imidazole rings is 1. The van der Waals surface area contributed by atoms with Crippen molar-refractivity contribution in [2.24, 2.45) is 0 Å². The molecule has 0 amide bonds. The molecular weight excluding hydrogens is 659 g/mol. The number of aromatic nitrogens is 8. The van der Waals surface area contributed by atoms with Gasteiger partial charge in [0.05, 0.1) is 29.9 Å². The number of hydrogen-bond donors (Lipinski definition) is 4. The topological polar surface area (TPSA) is 217 Å². The van der Waals surface area contributed by atoms with Gasteiger partial charge in [-0.1, -0.05) is 6.58 Å². The minimum atomic E-state index is -4.22. The predicted molar refractivity (Wildman–Crippen MR) is 151 cm³/mol. The van der Waals surface area contributed by atoms with E-state index in [2.05, 4.69) is 48.8 Å². The van der Waals surface area contributed by atoms with E-state index in [9.17, 15) is 14.3 Å². The number of nitrogens with one attached hydrogen (secondary N) is 1. The Balaban J connectivity index is 1.38. The largest absolute Gasteiger partial charge is 0.436 e. The Bertz CT molecular complexity index is 1820. The number of rotatable bonds is 2. The molecule has 6 heterocycles. The second kappa shape index (κ2) is 11.2. The number of nitrogens with two attached hydrogens (primary N) is 1. The average Bonchev–Trinajstić information content (AvgIpc) is 3.69. The monoisotopic (exact) mass is 679 g/mol. The van der Waals surface area contributed by atoms with Crippen LogP contribution in [-0.2, 0) is 52.4 Å². The number of nitrogen functional groups attached to an aromatic ring is 1. The lowest BCUT2D eigenvalue weighted by molar-refractivity contribution is -0.0307. The Morgan fingerprint density at radius 2 is 2.17 bits per heavy atom. The average molecular weight is 680 g/mol. The van der Waals surface area contributed by atoms with Crippen LogP contribution in [0.3, 0.4) is 0 Å². The number of fused-ring (bicyclic) bond motifs is 4. The summed E-state index contributed by atoms with van der Waals surface area (Å²) >= 11 is 10.5. The molecule has 0 aliphatic carbocycles. The quantitative estimate of drug-likeness (QED) is 0.176. The molecule has 224 valence electrons. The summed E-state index contributed by atoms with van der Waals surface area (Å²) in [6, 6.07) is 0. The molecule has 0 aromatic carbocycles. The molecule has 42 heavy (non-hydrogen) atoms. The van der Waals surface area contributed by atoms with E-state index < -0.39 is 56.0 Å². The van der Waals surface area contributed by atoms with E-state index >= 15 is 4.39 Å². The smallest absolute Gasteiger partial charge is 0.419 e. The first-order chi connectivity index (χ1) is 19.9. The van der Waals surface area contributed by atoms with Gasteiger partial charge >= 0.3 is 13.5 Å². The molecule has 4 N–H and O–H groups in total. The maximum Gasteiger partial charge on any atom is 0.436 e. The zero-order valence-corrected chi connectivity index (χ0v) is 25.2. The zero-order chi connectivity index (χ0) is 29.8. The Morgan fingerprint density at radius 3 is 2.93 bits per heavy atom. The van der Waals surface area contributed by atoms with Crippen molar-refractivity contribution in [1.82, 2.24) is 39.3 Å². The fourth-order valence-corrected chi connectivity index (χ4v) is 7.43. The molecule has 4 aromatic heterocycles. The zero-order valence-electron chi connectivity index (χ0n) is 20.9. The predicted octanol–water partition coefficient (Wildman–Crippen LogP) is 2.07. The van der Waals surface area contributed by atoms with Crippen molar-refractivity contribution in [3.8, 4) is 10.7 Å². The van der Waals surface area contributed by atoms with Crippen molar-refractivity contribution in [3.05, 3.63) is 46.6 Å². The van der Waals surface area contributed by atoms with Crippen molar-refractivity contribution in [1.29, 1.82) is 0 Å². The van der Waals surface area contributed by atoms with Gasteiger partial charge in [-0.2, -0.15) is 4.98 Å². The van der Waals surface area contributed by atoms with Crippen LogP contribution in [-0.4, -0.2) is 69.1 Å². The highest BCUT2D eigenvalue weighted by Gasteiger charge is 2.52. The Kier molecular flexibility index (Phi) is 7.84. The summed E-state index contributed by atoms with van der Waals surface area (Å²) in [7, 11) is 0. The number of ether oxygens (including phenoxy) is 1. The molecule has 4 aromatic rings. The molecule has 2 bridgehead atoms. The van der Waals surface area contributed by atoms with Gasteiger partial charge in [-0.25, -0.2) is 23.6 Å². The first kappa shape index (κ1) is 29.5. The van der Waals surface area contributed by atoms with Gasteiger partial charge in [0.1, 0.15) is 18.5 Å².